The summed E-state index contributed by atoms with van der Waals surface area (Å²) < 4.78 is 5.23. The van der Waals surface area contributed by atoms with Gasteiger partial charge in [-0.3, -0.25) is 4.79 Å². The highest BCUT2D eigenvalue weighted by Gasteiger charge is 2.22. The van der Waals surface area contributed by atoms with Gasteiger partial charge in [-0.05, 0) is 25.7 Å². The summed E-state index contributed by atoms with van der Waals surface area (Å²) in [5, 5.41) is 3.06. The summed E-state index contributed by atoms with van der Waals surface area (Å²) >= 11 is 5.67. The lowest BCUT2D eigenvalue weighted by atomic mass is 9.98. The van der Waals surface area contributed by atoms with E-state index < -0.39 is 0 Å². The molecular formula is C11H20ClNO2. The number of nitrogens with one attached hydrogen (secondary N) is 1. The van der Waals surface area contributed by atoms with Gasteiger partial charge in [0.1, 0.15) is 0 Å². The van der Waals surface area contributed by atoms with Gasteiger partial charge in [-0.1, -0.05) is 6.92 Å². The second-order valence-electron chi connectivity index (χ2n) is 3.98. The Balaban J connectivity index is 2.31. The number of alkyl halides is 1. The van der Waals surface area contributed by atoms with Crippen LogP contribution in [0.5, 0.6) is 0 Å². The van der Waals surface area contributed by atoms with Crippen LogP contribution in [0.2, 0.25) is 0 Å². The minimum atomic E-state index is 0.142. The average molecular weight is 234 g/mol. The van der Waals surface area contributed by atoms with Crippen molar-refractivity contribution >= 4 is 17.5 Å². The lowest BCUT2D eigenvalue weighted by Gasteiger charge is -2.24. The van der Waals surface area contributed by atoms with Gasteiger partial charge in [0.25, 0.3) is 0 Å². The topological polar surface area (TPSA) is 38.3 Å². The Labute approximate surface area is 96.5 Å². The Kier molecular flexibility index (Phi) is 6.03. The molecule has 1 heterocycles. The number of hydrogen-bond donors (Lipinski definition) is 1. The molecule has 0 bridgehead atoms. The van der Waals surface area contributed by atoms with Crippen molar-refractivity contribution in [3.8, 4) is 0 Å². The van der Waals surface area contributed by atoms with E-state index >= 15 is 0 Å². The first kappa shape index (κ1) is 12.8. The minimum absolute atomic E-state index is 0.142. The molecule has 0 aromatic rings. The monoisotopic (exact) mass is 233 g/mol. The van der Waals surface area contributed by atoms with Gasteiger partial charge in [0.05, 0.1) is 0 Å². The maximum absolute atomic E-state index is 11.8. The van der Waals surface area contributed by atoms with E-state index in [1.165, 1.54) is 0 Å². The first-order chi connectivity index (χ1) is 7.27. The van der Waals surface area contributed by atoms with Gasteiger partial charge < -0.3 is 10.1 Å². The van der Waals surface area contributed by atoms with Gasteiger partial charge in [-0.2, -0.15) is 0 Å². The predicted octanol–water partition coefficient (Wildman–Crippen LogP) is 1.94. The van der Waals surface area contributed by atoms with E-state index in [0.29, 0.717) is 19.1 Å². The number of hydrogen-bond acceptors (Lipinski definition) is 2. The van der Waals surface area contributed by atoms with Crippen LogP contribution in [-0.2, 0) is 9.53 Å². The molecule has 0 saturated carbocycles. The molecule has 1 aliphatic rings. The molecule has 1 rings (SSSR count). The van der Waals surface area contributed by atoms with Gasteiger partial charge in [0.2, 0.25) is 5.91 Å². The first-order valence-electron chi connectivity index (χ1n) is 5.72. The second-order valence-corrected chi connectivity index (χ2v) is 4.36. The van der Waals surface area contributed by atoms with Crippen LogP contribution in [0, 0.1) is 5.92 Å². The zero-order chi connectivity index (χ0) is 11.1. The fraction of sp³-hybridized carbons (Fsp3) is 0.909. The van der Waals surface area contributed by atoms with Gasteiger partial charge in [0.15, 0.2) is 0 Å². The Bertz CT molecular complexity index is 193. The SMILES string of the molecule is CCC(CCCl)NC(=O)C1CCOCC1. The van der Waals surface area contributed by atoms with Crippen LogP contribution in [0.3, 0.4) is 0 Å². The molecule has 0 aliphatic carbocycles. The molecule has 0 spiro atoms. The minimum Gasteiger partial charge on any atom is -0.381 e. The Hall–Kier alpha value is -0.280. The van der Waals surface area contributed by atoms with Crippen LogP contribution in [0.25, 0.3) is 0 Å². The Morgan fingerprint density at radius 2 is 2.20 bits per heavy atom. The third kappa shape index (κ3) is 4.39. The lowest BCUT2D eigenvalue weighted by molar-refractivity contribution is -0.128. The molecule has 0 radical (unpaired) electrons. The molecule has 1 N–H and O–H groups in total. The fourth-order valence-electron chi connectivity index (χ4n) is 1.79. The van der Waals surface area contributed by atoms with Crippen molar-refractivity contribution < 1.29 is 9.53 Å². The van der Waals surface area contributed by atoms with Crippen molar-refractivity contribution in [2.24, 2.45) is 5.92 Å². The zero-order valence-electron chi connectivity index (χ0n) is 9.30. The fourth-order valence-corrected chi connectivity index (χ4v) is 2.05. The van der Waals surface area contributed by atoms with Crippen LogP contribution < -0.4 is 5.32 Å². The summed E-state index contributed by atoms with van der Waals surface area (Å²) in [6, 6.07) is 0.234. The van der Waals surface area contributed by atoms with Crippen molar-refractivity contribution in [1.29, 1.82) is 0 Å². The van der Waals surface area contributed by atoms with Crippen molar-refractivity contribution in [3.63, 3.8) is 0 Å². The molecule has 3 nitrogen and oxygen atoms in total. The molecule has 1 unspecified atom stereocenters. The maximum Gasteiger partial charge on any atom is 0.223 e. The lowest BCUT2D eigenvalue weighted by Crippen LogP contribution is -2.40. The van der Waals surface area contributed by atoms with Crippen molar-refractivity contribution in [1.82, 2.24) is 5.32 Å². The van der Waals surface area contributed by atoms with Gasteiger partial charge in [-0.15, -0.1) is 11.6 Å². The van der Waals surface area contributed by atoms with Crippen LogP contribution in [0.15, 0.2) is 0 Å². The smallest absolute Gasteiger partial charge is 0.223 e. The van der Waals surface area contributed by atoms with E-state index in [1.54, 1.807) is 0 Å². The quantitative estimate of drug-likeness (QED) is 0.737. The number of rotatable bonds is 5. The molecule has 1 saturated heterocycles. The van der Waals surface area contributed by atoms with E-state index in [1.807, 2.05) is 0 Å². The van der Waals surface area contributed by atoms with Crippen LogP contribution >= 0.6 is 11.6 Å². The summed E-state index contributed by atoms with van der Waals surface area (Å²) in [5.41, 5.74) is 0. The third-order valence-electron chi connectivity index (χ3n) is 2.89. The summed E-state index contributed by atoms with van der Waals surface area (Å²) in [5.74, 6) is 0.922. The average Bonchev–Trinajstić information content (AvgIpc) is 2.29. The highest BCUT2D eigenvalue weighted by molar-refractivity contribution is 6.17. The van der Waals surface area contributed by atoms with E-state index in [2.05, 4.69) is 12.2 Å². The predicted molar refractivity (Wildman–Crippen MR) is 61.1 cm³/mol. The molecule has 1 fully saturated rings. The van der Waals surface area contributed by atoms with Crippen LogP contribution in [0.4, 0.5) is 0 Å². The highest BCUT2D eigenvalue weighted by Crippen LogP contribution is 2.15. The van der Waals surface area contributed by atoms with Crippen molar-refractivity contribution in [2.75, 3.05) is 19.1 Å². The zero-order valence-corrected chi connectivity index (χ0v) is 10.1. The molecular weight excluding hydrogens is 214 g/mol. The molecule has 1 aliphatic heterocycles. The van der Waals surface area contributed by atoms with E-state index in [0.717, 1.165) is 25.7 Å². The van der Waals surface area contributed by atoms with Crippen LogP contribution in [0.1, 0.15) is 32.6 Å². The molecule has 1 amide bonds. The molecule has 1 atom stereocenters. The van der Waals surface area contributed by atoms with Crippen molar-refractivity contribution in [2.45, 2.75) is 38.6 Å². The van der Waals surface area contributed by atoms with Gasteiger partial charge in [-0.25, -0.2) is 0 Å². The Morgan fingerprint density at radius 1 is 1.53 bits per heavy atom. The standard InChI is InChI=1S/C11H20ClNO2/c1-2-10(3-6-12)13-11(14)9-4-7-15-8-5-9/h9-10H,2-8H2,1H3,(H,13,14). The third-order valence-corrected chi connectivity index (χ3v) is 3.11. The highest BCUT2D eigenvalue weighted by atomic mass is 35.5. The maximum atomic E-state index is 11.8. The number of carbonyl (C=O) groups excluding carboxylic acids is 1. The van der Waals surface area contributed by atoms with Gasteiger partial charge in [0, 0.05) is 31.1 Å². The molecule has 0 aromatic carbocycles. The van der Waals surface area contributed by atoms with E-state index in [9.17, 15) is 4.79 Å². The van der Waals surface area contributed by atoms with E-state index in [-0.39, 0.29) is 17.9 Å². The molecule has 88 valence electrons. The largest absolute Gasteiger partial charge is 0.381 e. The van der Waals surface area contributed by atoms with Gasteiger partial charge >= 0.3 is 0 Å². The summed E-state index contributed by atoms with van der Waals surface area (Å²) in [6.45, 7) is 3.50. The molecule has 15 heavy (non-hydrogen) atoms. The first-order valence-corrected chi connectivity index (χ1v) is 6.25. The molecule has 4 heteroatoms. The van der Waals surface area contributed by atoms with Crippen LogP contribution in [-0.4, -0.2) is 31.0 Å². The second kappa shape index (κ2) is 7.07. The van der Waals surface area contributed by atoms with E-state index in [4.69, 9.17) is 16.3 Å². The Morgan fingerprint density at radius 3 is 2.73 bits per heavy atom. The molecule has 0 aromatic heterocycles. The number of amides is 1. The summed E-state index contributed by atoms with van der Waals surface area (Å²) in [6.07, 6.45) is 3.50. The number of halogens is 1. The summed E-state index contributed by atoms with van der Waals surface area (Å²) in [4.78, 5) is 11.8. The summed E-state index contributed by atoms with van der Waals surface area (Å²) in [7, 11) is 0. The normalized spacial score (nSPS) is 19.9. The van der Waals surface area contributed by atoms with Crippen molar-refractivity contribution in [3.05, 3.63) is 0 Å². The number of carbonyl (C=O) groups is 1. The number of ether oxygens (including phenoxy) is 1.